The van der Waals surface area contributed by atoms with Crippen LogP contribution in [0.2, 0.25) is 0 Å². The van der Waals surface area contributed by atoms with Gasteiger partial charge in [0, 0.05) is 17.1 Å². The van der Waals surface area contributed by atoms with Crippen molar-refractivity contribution in [1.29, 1.82) is 0 Å². The van der Waals surface area contributed by atoms with Gasteiger partial charge in [0.05, 0.1) is 12.6 Å². The fraction of sp³-hybridized carbons (Fsp3) is 0.105. The third-order valence-corrected chi connectivity index (χ3v) is 3.98. The van der Waals surface area contributed by atoms with Crippen molar-refractivity contribution in [2.45, 2.75) is 0 Å². The minimum Gasteiger partial charge on any atom is -0.465 e. The number of urea groups is 1. The fourth-order valence-electron chi connectivity index (χ4n) is 2.72. The van der Waals surface area contributed by atoms with E-state index in [2.05, 4.69) is 15.6 Å². The van der Waals surface area contributed by atoms with Gasteiger partial charge < -0.3 is 19.5 Å². The molecule has 2 N–H and O–H groups in total. The number of anilines is 2. The van der Waals surface area contributed by atoms with Crippen LogP contribution in [0.5, 0.6) is 11.5 Å². The van der Waals surface area contributed by atoms with Crippen molar-refractivity contribution in [3.8, 4) is 11.5 Å². The van der Waals surface area contributed by atoms with Gasteiger partial charge >= 0.3 is 12.0 Å². The number of nitrogens with one attached hydrogen (secondary N) is 2. The second kappa shape index (κ2) is 6.83. The van der Waals surface area contributed by atoms with E-state index in [1.807, 2.05) is 6.07 Å². The van der Waals surface area contributed by atoms with Gasteiger partial charge in [-0.25, -0.2) is 14.6 Å². The zero-order valence-corrected chi connectivity index (χ0v) is 14.3. The van der Waals surface area contributed by atoms with E-state index in [9.17, 15) is 9.59 Å². The molecule has 8 heteroatoms. The van der Waals surface area contributed by atoms with Crippen LogP contribution < -0.4 is 20.1 Å². The lowest BCUT2D eigenvalue weighted by atomic mass is 10.1. The molecule has 0 unspecified atom stereocenters. The largest absolute Gasteiger partial charge is 0.465 e. The van der Waals surface area contributed by atoms with Gasteiger partial charge in [-0.05, 0) is 24.3 Å². The van der Waals surface area contributed by atoms with Crippen LogP contribution in [0.3, 0.4) is 0 Å². The van der Waals surface area contributed by atoms with E-state index in [0.717, 1.165) is 0 Å². The summed E-state index contributed by atoms with van der Waals surface area (Å²) in [5.41, 5.74) is 1.28. The summed E-state index contributed by atoms with van der Waals surface area (Å²) in [6, 6.07) is 13.4. The predicted octanol–water partition coefficient (Wildman–Crippen LogP) is 3.39. The van der Waals surface area contributed by atoms with Gasteiger partial charge in [0.15, 0.2) is 11.5 Å². The number of fused-ring (bicyclic) bond motifs is 2. The van der Waals surface area contributed by atoms with E-state index >= 15 is 0 Å². The highest BCUT2D eigenvalue weighted by molar-refractivity contribution is 6.06. The van der Waals surface area contributed by atoms with E-state index in [1.54, 1.807) is 42.5 Å². The van der Waals surface area contributed by atoms with Gasteiger partial charge in [-0.1, -0.05) is 18.2 Å². The standard InChI is InChI=1S/C19H15N3O5/c1-25-18(23)13-7-11-8-15-16(27-10-26-15)9-14(11)21-17(13)22-19(24)20-12-5-3-2-4-6-12/h2-9H,10H2,1H3,(H2,20,21,22,24). The van der Waals surface area contributed by atoms with Crippen LogP contribution in [-0.4, -0.2) is 30.9 Å². The molecule has 1 aliphatic rings. The van der Waals surface area contributed by atoms with Gasteiger partial charge in [-0.3, -0.25) is 5.32 Å². The van der Waals surface area contributed by atoms with Crippen molar-refractivity contribution >= 4 is 34.4 Å². The zero-order valence-electron chi connectivity index (χ0n) is 14.3. The topological polar surface area (TPSA) is 98.8 Å². The summed E-state index contributed by atoms with van der Waals surface area (Å²) < 4.78 is 15.5. The van der Waals surface area contributed by atoms with Crippen LogP contribution in [0, 0.1) is 0 Å². The molecule has 0 aliphatic carbocycles. The summed E-state index contributed by atoms with van der Waals surface area (Å²) in [7, 11) is 1.26. The summed E-state index contributed by atoms with van der Waals surface area (Å²) in [5, 5.41) is 5.94. The van der Waals surface area contributed by atoms with Gasteiger partial charge in [0.25, 0.3) is 0 Å². The molecule has 0 saturated carbocycles. The van der Waals surface area contributed by atoms with E-state index in [0.29, 0.717) is 28.1 Å². The number of esters is 1. The average Bonchev–Trinajstić information content (AvgIpc) is 3.13. The van der Waals surface area contributed by atoms with Gasteiger partial charge in [-0.2, -0.15) is 0 Å². The number of aromatic nitrogens is 1. The number of benzene rings is 2. The molecule has 27 heavy (non-hydrogen) atoms. The van der Waals surface area contributed by atoms with Gasteiger partial charge in [0.1, 0.15) is 11.4 Å². The quantitative estimate of drug-likeness (QED) is 0.690. The Morgan fingerprint density at radius 1 is 1.04 bits per heavy atom. The molecule has 0 radical (unpaired) electrons. The SMILES string of the molecule is COC(=O)c1cc2cc3c(cc2nc1NC(=O)Nc1ccccc1)OCO3. The Hall–Kier alpha value is -3.81. The lowest BCUT2D eigenvalue weighted by Crippen LogP contribution is -2.22. The number of nitrogens with zero attached hydrogens (tertiary/aromatic N) is 1. The summed E-state index contributed by atoms with van der Waals surface area (Å²) >= 11 is 0. The maximum absolute atomic E-state index is 12.3. The number of pyridine rings is 1. The molecular formula is C19H15N3O5. The Kier molecular flexibility index (Phi) is 4.21. The van der Waals surface area contributed by atoms with Crippen LogP contribution in [0.15, 0.2) is 48.5 Å². The lowest BCUT2D eigenvalue weighted by Gasteiger charge is -2.12. The number of hydrogen-bond donors (Lipinski definition) is 2. The zero-order chi connectivity index (χ0) is 18.8. The predicted molar refractivity (Wildman–Crippen MR) is 98.3 cm³/mol. The Labute approximate surface area is 154 Å². The van der Waals surface area contributed by atoms with Gasteiger partial charge in [0.2, 0.25) is 6.79 Å². The molecule has 0 saturated heterocycles. The first kappa shape index (κ1) is 16.6. The Balaban J connectivity index is 1.70. The molecule has 1 aromatic heterocycles. The third-order valence-electron chi connectivity index (χ3n) is 3.98. The van der Waals surface area contributed by atoms with Crippen LogP contribution in [0.25, 0.3) is 10.9 Å². The molecular weight excluding hydrogens is 350 g/mol. The smallest absolute Gasteiger partial charge is 0.341 e. The first-order valence-corrected chi connectivity index (χ1v) is 8.10. The number of carbonyl (C=O) groups excluding carboxylic acids is 2. The van der Waals surface area contributed by atoms with E-state index < -0.39 is 12.0 Å². The number of methoxy groups -OCH3 is 1. The van der Waals surface area contributed by atoms with Crippen molar-refractivity contribution in [3.05, 3.63) is 54.1 Å². The Morgan fingerprint density at radius 3 is 2.52 bits per heavy atom. The maximum atomic E-state index is 12.3. The highest BCUT2D eigenvalue weighted by atomic mass is 16.7. The molecule has 4 rings (SSSR count). The Bertz CT molecular complexity index is 1040. The molecule has 2 amide bonds. The van der Waals surface area contributed by atoms with E-state index in [1.165, 1.54) is 7.11 Å². The molecule has 1 aliphatic heterocycles. The van der Waals surface area contributed by atoms with Gasteiger partial charge in [-0.15, -0.1) is 0 Å². The molecule has 0 fully saturated rings. The number of ether oxygens (including phenoxy) is 3. The molecule has 2 aromatic carbocycles. The minimum atomic E-state index is -0.614. The summed E-state index contributed by atoms with van der Waals surface area (Å²) in [5.74, 6) is 0.599. The van der Waals surface area contributed by atoms with Crippen LogP contribution in [0.1, 0.15) is 10.4 Å². The van der Waals surface area contributed by atoms with Crippen molar-refractivity contribution in [1.82, 2.24) is 4.98 Å². The fourth-order valence-corrected chi connectivity index (χ4v) is 2.72. The molecule has 2 heterocycles. The normalized spacial score (nSPS) is 11.9. The second-order valence-corrected chi connectivity index (χ2v) is 5.72. The monoisotopic (exact) mass is 365 g/mol. The third kappa shape index (κ3) is 3.32. The number of amides is 2. The summed E-state index contributed by atoms with van der Waals surface area (Å²) in [6.45, 7) is 0.125. The molecule has 0 spiro atoms. The Morgan fingerprint density at radius 2 is 1.78 bits per heavy atom. The highest BCUT2D eigenvalue weighted by Crippen LogP contribution is 2.36. The summed E-state index contributed by atoms with van der Waals surface area (Å²) in [6.07, 6.45) is 0. The molecule has 136 valence electrons. The van der Waals surface area contributed by atoms with Crippen molar-refractivity contribution in [2.24, 2.45) is 0 Å². The van der Waals surface area contributed by atoms with E-state index in [4.69, 9.17) is 14.2 Å². The highest BCUT2D eigenvalue weighted by Gasteiger charge is 2.20. The maximum Gasteiger partial charge on any atom is 0.341 e. The number of hydrogen-bond acceptors (Lipinski definition) is 6. The first-order chi connectivity index (χ1) is 13.1. The second-order valence-electron chi connectivity index (χ2n) is 5.72. The number of para-hydroxylation sites is 1. The van der Waals surface area contributed by atoms with Crippen molar-refractivity contribution < 1.29 is 23.8 Å². The molecule has 8 nitrogen and oxygen atoms in total. The van der Waals surface area contributed by atoms with Crippen molar-refractivity contribution in [3.63, 3.8) is 0 Å². The van der Waals surface area contributed by atoms with E-state index in [-0.39, 0.29) is 18.2 Å². The molecule has 0 bridgehead atoms. The molecule has 0 atom stereocenters. The number of carbonyl (C=O) groups is 2. The van der Waals surface area contributed by atoms with Crippen LogP contribution >= 0.6 is 0 Å². The van der Waals surface area contributed by atoms with Crippen LogP contribution in [-0.2, 0) is 4.74 Å². The molecule has 3 aromatic rings. The average molecular weight is 365 g/mol. The minimum absolute atomic E-state index is 0.0849. The summed E-state index contributed by atoms with van der Waals surface area (Å²) in [4.78, 5) is 28.9. The van der Waals surface area contributed by atoms with Crippen molar-refractivity contribution in [2.75, 3.05) is 24.5 Å². The lowest BCUT2D eigenvalue weighted by molar-refractivity contribution is 0.0601. The first-order valence-electron chi connectivity index (χ1n) is 8.10. The van der Waals surface area contributed by atoms with Crippen LogP contribution in [0.4, 0.5) is 16.3 Å². The number of rotatable bonds is 3.